The van der Waals surface area contributed by atoms with E-state index in [4.69, 9.17) is 33.4 Å². The van der Waals surface area contributed by atoms with Gasteiger partial charge in [0.25, 0.3) is 0 Å². The lowest BCUT2D eigenvalue weighted by atomic mass is 10.0. The van der Waals surface area contributed by atoms with Gasteiger partial charge < -0.3 is 15.5 Å². The highest BCUT2D eigenvalue weighted by molar-refractivity contribution is 8.00. The van der Waals surface area contributed by atoms with E-state index in [0.29, 0.717) is 21.5 Å². The summed E-state index contributed by atoms with van der Waals surface area (Å²) in [4.78, 5) is 16.8. The summed E-state index contributed by atoms with van der Waals surface area (Å²) in [5.41, 5.74) is 6.69. The molecule has 3 rings (SSSR count). The molecule has 30 heavy (non-hydrogen) atoms. The molecule has 0 aliphatic heterocycles. The number of benzene rings is 1. The fourth-order valence-electron chi connectivity index (χ4n) is 2.60. The van der Waals surface area contributed by atoms with Crippen LogP contribution < -0.4 is 11.1 Å². The van der Waals surface area contributed by atoms with Crippen LogP contribution in [0.25, 0.3) is 11.3 Å². The van der Waals surface area contributed by atoms with E-state index in [1.54, 1.807) is 31.2 Å². The first kappa shape index (κ1) is 21.5. The van der Waals surface area contributed by atoms with Crippen LogP contribution in [0.1, 0.15) is 18.1 Å². The van der Waals surface area contributed by atoms with Gasteiger partial charge in [0.1, 0.15) is 34.3 Å². The van der Waals surface area contributed by atoms with Crippen LogP contribution in [0.4, 0.5) is 11.5 Å². The molecule has 0 saturated carbocycles. The number of rotatable bonds is 5. The highest BCUT2D eigenvalue weighted by Gasteiger charge is 2.25. The molecule has 1 unspecified atom stereocenters. The van der Waals surface area contributed by atoms with Crippen LogP contribution in [0, 0.1) is 22.7 Å². The van der Waals surface area contributed by atoms with Crippen molar-refractivity contribution < 1.29 is 9.21 Å². The molecule has 1 atom stereocenters. The number of carbonyl (C=O) groups excluding carboxylic acids is 1. The summed E-state index contributed by atoms with van der Waals surface area (Å²) in [6.07, 6.45) is 1.42. The first-order chi connectivity index (χ1) is 14.3. The molecule has 0 spiro atoms. The number of amides is 1. The summed E-state index contributed by atoms with van der Waals surface area (Å²) in [6.45, 7) is 1.64. The number of pyridine rings is 1. The first-order valence-corrected chi connectivity index (χ1v) is 10.1. The molecule has 1 aromatic carbocycles. The molecule has 1 amide bonds. The lowest BCUT2D eigenvalue weighted by Crippen LogP contribution is -2.23. The van der Waals surface area contributed by atoms with Crippen molar-refractivity contribution in [3.63, 3.8) is 0 Å². The summed E-state index contributed by atoms with van der Waals surface area (Å²) in [7, 11) is 0. The summed E-state index contributed by atoms with van der Waals surface area (Å²) >= 11 is 13.1. The SMILES string of the molecule is CC(Sc1nc(N)c(C#N)c(-c2ccco2)c1C#N)C(=O)Nc1cc(Cl)ccc1Cl. The zero-order valence-electron chi connectivity index (χ0n) is 15.4. The van der Waals surface area contributed by atoms with Gasteiger partial charge in [-0.25, -0.2) is 4.98 Å². The number of nitriles is 2. The molecule has 3 N–H and O–H groups in total. The number of hydrogen-bond acceptors (Lipinski definition) is 7. The highest BCUT2D eigenvalue weighted by atomic mass is 35.5. The maximum Gasteiger partial charge on any atom is 0.237 e. The standard InChI is InChI=1S/C20H13Cl2N5O2S/c1-10(19(28)26-15-7-11(21)4-5-14(15)22)30-20-13(9-24)17(16-3-2-6-29-16)12(8-23)18(25)27-20/h2-7,10H,1H3,(H2,25,27)(H,26,28). The van der Waals surface area contributed by atoms with Crippen molar-refractivity contribution in [1.29, 1.82) is 10.5 Å². The number of nitrogens with two attached hydrogens (primary N) is 1. The van der Waals surface area contributed by atoms with E-state index >= 15 is 0 Å². The third kappa shape index (κ3) is 4.37. The molecule has 0 fully saturated rings. The summed E-state index contributed by atoms with van der Waals surface area (Å²) in [5.74, 6) is -0.130. The molecular formula is C20H13Cl2N5O2S. The fourth-order valence-corrected chi connectivity index (χ4v) is 3.85. The number of aromatic nitrogens is 1. The van der Waals surface area contributed by atoms with E-state index < -0.39 is 5.25 Å². The number of halogens is 2. The second-order valence-corrected chi connectivity index (χ2v) is 8.17. The third-order valence-electron chi connectivity index (χ3n) is 4.03. The molecule has 150 valence electrons. The molecule has 3 aromatic rings. The smallest absolute Gasteiger partial charge is 0.237 e. The number of anilines is 2. The number of carbonyl (C=O) groups is 1. The summed E-state index contributed by atoms with van der Waals surface area (Å²) in [5, 5.41) is 22.2. The zero-order valence-corrected chi connectivity index (χ0v) is 17.8. The van der Waals surface area contributed by atoms with Crippen LogP contribution in [-0.2, 0) is 4.79 Å². The van der Waals surface area contributed by atoms with Gasteiger partial charge in [0.2, 0.25) is 5.91 Å². The van der Waals surface area contributed by atoms with Gasteiger partial charge in [-0.15, -0.1) is 0 Å². The Balaban J connectivity index is 1.95. The van der Waals surface area contributed by atoms with Gasteiger partial charge in [-0.1, -0.05) is 35.0 Å². The third-order valence-corrected chi connectivity index (χ3v) is 5.68. The average Bonchev–Trinajstić information content (AvgIpc) is 3.24. The minimum atomic E-state index is -0.670. The van der Waals surface area contributed by atoms with Crippen molar-refractivity contribution in [2.75, 3.05) is 11.1 Å². The minimum absolute atomic E-state index is 0.0358. The second kappa shape index (κ2) is 9.10. The van der Waals surface area contributed by atoms with E-state index in [-0.39, 0.29) is 33.4 Å². The number of hydrogen-bond donors (Lipinski definition) is 2. The predicted octanol–water partition coefficient (Wildman–Crippen LogP) is 5.09. The van der Waals surface area contributed by atoms with Crippen molar-refractivity contribution in [1.82, 2.24) is 4.98 Å². The molecule has 10 heteroatoms. The Bertz CT molecular complexity index is 1200. The van der Waals surface area contributed by atoms with Gasteiger partial charge in [0.05, 0.1) is 33.4 Å². The molecule has 0 bridgehead atoms. The van der Waals surface area contributed by atoms with Gasteiger partial charge in [0.15, 0.2) is 0 Å². The van der Waals surface area contributed by atoms with E-state index in [9.17, 15) is 15.3 Å². The fraction of sp³-hybridized carbons (Fsp3) is 0.100. The van der Waals surface area contributed by atoms with Crippen molar-refractivity contribution >= 4 is 52.4 Å². The summed E-state index contributed by atoms with van der Waals surface area (Å²) in [6, 6.07) is 12.0. The number of nitrogens with one attached hydrogen (secondary N) is 1. The van der Waals surface area contributed by atoms with Gasteiger partial charge in [-0.2, -0.15) is 10.5 Å². The zero-order chi connectivity index (χ0) is 21.8. The van der Waals surface area contributed by atoms with E-state index in [0.717, 1.165) is 11.8 Å². The quantitative estimate of drug-likeness (QED) is 0.510. The largest absolute Gasteiger partial charge is 0.464 e. The Labute approximate surface area is 186 Å². The Hall–Kier alpha value is -3.17. The number of furan rings is 1. The van der Waals surface area contributed by atoms with Crippen molar-refractivity contribution in [2.24, 2.45) is 0 Å². The van der Waals surface area contributed by atoms with Crippen LogP contribution in [0.2, 0.25) is 10.0 Å². The molecule has 0 aliphatic rings. The Kier molecular flexibility index (Phi) is 6.53. The molecule has 2 aromatic heterocycles. The minimum Gasteiger partial charge on any atom is -0.464 e. The van der Waals surface area contributed by atoms with Crippen LogP contribution in [-0.4, -0.2) is 16.1 Å². The van der Waals surface area contributed by atoms with Crippen LogP contribution in [0.15, 0.2) is 46.0 Å². The molecule has 2 heterocycles. The molecule has 0 saturated heterocycles. The molecule has 0 radical (unpaired) electrons. The topological polar surface area (TPSA) is 129 Å². The van der Waals surface area contributed by atoms with Crippen LogP contribution in [0.3, 0.4) is 0 Å². The lowest BCUT2D eigenvalue weighted by molar-refractivity contribution is -0.115. The monoisotopic (exact) mass is 457 g/mol. The number of nitrogens with zero attached hydrogens (tertiary/aromatic N) is 3. The Morgan fingerprint density at radius 3 is 2.63 bits per heavy atom. The van der Waals surface area contributed by atoms with Gasteiger partial charge in [-0.05, 0) is 37.3 Å². The van der Waals surface area contributed by atoms with Crippen molar-refractivity contribution in [3.05, 3.63) is 57.8 Å². The Morgan fingerprint density at radius 2 is 2.00 bits per heavy atom. The molecular weight excluding hydrogens is 445 g/mol. The number of nitrogen functional groups attached to an aromatic ring is 1. The second-order valence-electron chi connectivity index (χ2n) is 6.00. The first-order valence-electron chi connectivity index (χ1n) is 8.45. The normalized spacial score (nSPS) is 11.4. The molecule has 0 aliphatic carbocycles. The predicted molar refractivity (Wildman–Crippen MR) is 116 cm³/mol. The van der Waals surface area contributed by atoms with Crippen LogP contribution >= 0.6 is 35.0 Å². The van der Waals surface area contributed by atoms with Gasteiger partial charge in [0, 0.05) is 5.02 Å². The lowest BCUT2D eigenvalue weighted by Gasteiger charge is -2.15. The number of thioether (sulfide) groups is 1. The van der Waals surface area contributed by atoms with E-state index in [1.807, 2.05) is 12.1 Å². The maximum atomic E-state index is 12.7. The maximum absolute atomic E-state index is 12.7. The highest BCUT2D eigenvalue weighted by Crippen LogP contribution is 2.37. The van der Waals surface area contributed by atoms with E-state index in [1.165, 1.54) is 12.3 Å². The molecule has 7 nitrogen and oxygen atoms in total. The van der Waals surface area contributed by atoms with E-state index in [2.05, 4.69) is 10.3 Å². The average molecular weight is 458 g/mol. The summed E-state index contributed by atoms with van der Waals surface area (Å²) < 4.78 is 5.37. The van der Waals surface area contributed by atoms with Gasteiger partial charge >= 0.3 is 0 Å². The van der Waals surface area contributed by atoms with Crippen LogP contribution in [0.5, 0.6) is 0 Å². The Morgan fingerprint density at radius 1 is 1.27 bits per heavy atom. The van der Waals surface area contributed by atoms with Gasteiger partial charge in [-0.3, -0.25) is 4.79 Å². The van der Waals surface area contributed by atoms with Crippen molar-refractivity contribution in [3.8, 4) is 23.5 Å². The van der Waals surface area contributed by atoms with Crippen molar-refractivity contribution in [2.45, 2.75) is 17.2 Å².